The topological polar surface area (TPSA) is 94.1 Å². The van der Waals surface area contributed by atoms with E-state index in [4.69, 9.17) is 15.3 Å². The van der Waals surface area contributed by atoms with E-state index < -0.39 is 17.6 Å². The molecule has 8 nitrogen and oxygen atoms in total. The summed E-state index contributed by atoms with van der Waals surface area (Å²) < 4.78 is 46.0. The van der Waals surface area contributed by atoms with Crippen molar-refractivity contribution in [2.24, 2.45) is 10.7 Å². The maximum atomic E-state index is 13.0. The van der Waals surface area contributed by atoms with Crippen molar-refractivity contribution < 1.29 is 27.5 Å². The summed E-state index contributed by atoms with van der Waals surface area (Å²) in [7, 11) is 5.06. The van der Waals surface area contributed by atoms with Crippen LogP contribution in [0.25, 0.3) is 17.1 Å². The summed E-state index contributed by atoms with van der Waals surface area (Å²) in [5.74, 6) is -0.579. The average molecular weight is 475 g/mol. The molecular weight excluding hydrogens is 451 g/mol. The van der Waals surface area contributed by atoms with Crippen LogP contribution in [0.4, 0.5) is 18.9 Å². The normalized spacial score (nSPS) is 12.4. The number of amides is 1. The molecule has 1 amide bonds. The molecular formula is C23H24F3N5O3. The van der Waals surface area contributed by atoms with Gasteiger partial charge in [0, 0.05) is 31.9 Å². The lowest BCUT2D eigenvalue weighted by Crippen LogP contribution is -2.18. The summed E-state index contributed by atoms with van der Waals surface area (Å²) in [6, 6.07) is 9.86. The number of nitrogens with zero attached hydrogens (tertiary/aromatic N) is 3. The Balaban J connectivity index is 1.93. The van der Waals surface area contributed by atoms with Crippen LogP contribution in [0.5, 0.6) is 5.75 Å². The monoisotopic (exact) mass is 475 g/mol. The molecule has 0 aliphatic carbocycles. The first-order valence-electron chi connectivity index (χ1n) is 10.0. The first-order valence-corrected chi connectivity index (χ1v) is 10.0. The van der Waals surface area contributed by atoms with Gasteiger partial charge in [0.1, 0.15) is 12.4 Å². The van der Waals surface area contributed by atoms with E-state index in [0.29, 0.717) is 22.3 Å². The van der Waals surface area contributed by atoms with Gasteiger partial charge in [0.2, 0.25) is 0 Å². The van der Waals surface area contributed by atoms with Gasteiger partial charge in [-0.15, -0.1) is 0 Å². The number of primary amides is 1. The molecule has 0 spiro atoms. The van der Waals surface area contributed by atoms with Crippen molar-refractivity contribution in [3.8, 4) is 5.75 Å². The van der Waals surface area contributed by atoms with Crippen LogP contribution in [0.1, 0.15) is 15.9 Å². The smallest absolute Gasteiger partial charge is 0.416 e. The number of rotatable bonds is 9. The van der Waals surface area contributed by atoms with Gasteiger partial charge in [-0.2, -0.15) is 13.2 Å². The van der Waals surface area contributed by atoms with Gasteiger partial charge in [0.15, 0.2) is 0 Å². The Labute approximate surface area is 194 Å². The molecule has 0 aliphatic heterocycles. The van der Waals surface area contributed by atoms with Crippen LogP contribution in [0.15, 0.2) is 59.4 Å². The zero-order valence-corrected chi connectivity index (χ0v) is 18.8. The predicted molar refractivity (Wildman–Crippen MR) is 124 cm³/mol. The van der Waals surface area contributed by atoms with Gasteiger partial charge in [-0.25, -0.2) is 4.99 Å². The predicted octanol–water partition coefficient (Wildman–Crippen LogP) is 4.01. The van der Waals surface area contributed by atoms with E-state index in [1.165, 1.54) is 19.2 Å². The van der Waals surface area contributed by atoms with Gasteiger partial charge >= 0.3 is 6.18 Å². The van der Waals surface area contributed by atoms with Crippen LogP contribution in [0.3, 0.4) is 0 Å². The van der Waals surface area contributed by atoms with Gasteiger partial charge in [-0.3, -0.25) is 15.1 Å². The minimum Gasteiger partial charge on any atom is -0.487 e. The van der Waals surface area contributed by atoms with Crippen LogP contribution in [0.2, 0.25) is 0 Å². The zero-order valence-electron chi connectivity index (χ0n) is 18.8. The highest BCUT2D eigenvalue weighted by Gasteiger charge is 2.30. The summed E-state index contributed by atoms with van der Waals surface area (Å²) in [4.78, 5) is 23.1. The van der Waals surface area contributed by atoms with E-state index >= 15 is 0 Å². The summed E-state index contributed by atoms with van der Waals surface area (Å²) in [6.07, 6.45) is 0.296. The standard InChI is InChI=1S/C23H24F3N5O3/c1-30(2)14-28-16-7-8-21-19(10-16)20(22(27)32)12-31(21)11-17(29-33-3)13-34-18-6-4-5-15(9-18)23(24,25)26/h4-12,14,29H,13H2,1-3H3,(H2,27,32). The summed E-state index contributed by atoms with van der Waals surface area (Å²) >= 11 is 0. The number of hydroxylamine groups is 1. The van der Waals surface area contributed by atoms with E-state index in [1.54, 1.807) is 46.4 Å². The van der Waals surface area contributed by atoms with E-state index in [-0.39, 0.29) is 17.9 Å². The molecule has 11 heteroatoms. The first kappa shape index (κ1) is 24.6. The zero-order chi connectivity index (χ0) is 24.9. The molecule has 3 aromatic rings. The van der Waals surface area contributed by atoms with Gasteiger partial charge in [-0.1, -0.05) is 6.07 Å². The number of aromatic nitrogens is 1. The molecule has 0 bridgehead atoms. The molecule has 1 aromatic heterocycles. The number of aliphatic imine (C=N–C) groups is 1. The van der Waals surface area contributed by atoms with E-state index in [9.17, 15) is 18.0 Å². The second-order valence-corrected chi connectivity index (χ2v) is 7.50. The number of hydrogen-bond acceptors (Lipinski definition) is 5. The molecule has 2 aromatic carbocycles. The second-order valence-electron chi connectivity index (χ2n) is 7.50. The van der Waals surface area contributed by atoms with Crippen molar-refractivity contribution in [3.63, 3.8) is 0 Å². The largest absolute Gasteiger partial charge is 0.487 e. The highest BCUT2D eigenvalue weighted by molar-refractivity contribution is 6.07. The molecule has 180 valence electrons. The molecule has 0 radical (unpaired) electrons. The van der Waals surface area contributed by atoms with Crippen LogP contribution >= 0.6 is 0 Å². The van der Waals surface area contributed by atoms with Crippen molar-refractivity contribution in [2.45, 2.75) is 6.18 Å². The first-order chi connectivity index (χ1) is 16.1. The van der Waals surface area contributed by atoms with Gasteiger partial charge in [0.25, 0.3) is 5.91 Å². The Morgan fingerprint density at radius 2 is 2.00 bits per heavy atom. The van der Waals surface area contributed by atoms with E-state index in [2.05, 4.69) is 10.5 Å². The number of nitrogens with two attached hydrogens (primary N) is 1. The third-order valence-corrected chi connectivity index (χ3v) is 4.60. The Bertz CT molecular complexity index is 1230. The Morgan fingerprint density at radius 1 is 1.24 bits per heavy atom. The minimum atomic E-state index is -4.48. The molecule has 34 heavy (non-hydrogen) atoms. The SMILES string of the molecule is CONC(=Cn1cc(C(N)=O)c2cc(N=CN(C)C)ccc21)COc1cccc(C(F)(F)F)c1. The highest BCUT2D eigenvalue weighted by atomic mass is 19.4. The Morgan fingerprint density at radius 3 is 2.65 bits per heavy atom. The van der Waals surface area contributed by atoms with E-state index in [1.807, 2.05) is 14.1 Å². The number of ether oxygens (including phenoxy) is 1. The summed E-state index contributed by atoms with van der Waals surface area (Å²) in [6.45, 7) is -0.133. The molecule has 0 atom stereocenters. The van der Waals surface area contributed by atoms with Crippen LogP contribution < -0.4 is 16.0 Å². The number of carbonyl (C=O) groups excluding carboxylic acids is 1. The fraction of sp³-hybridized carbons (Fsp3) is 0.217. The fourth-order valence-electron chi connectivity index (χ4n) is 3.12. The summed E-state index contributed by atoms with van der Waals surface area (Å²) in [5.41, 5.74) is 9.34. The van der Waals surface area contributed by atoms with Crippen molar-refractivity contribution in [2.75, 3.05) is 27.8 Å². The quantitative estimate of drug-likeness (QED) is 0.277. The van der Waals surface area contributed by atoms with Crippen molar-refractivity contribution in [1.82, 2.24) is 14.9 Å². The number of carbonyl (C=O) groups is 1. The lowest BCUT2D eigenvalue weighted by atomic mass is 10.1. The Kier molecular flexibility index (Phi) is 7.47. The van der Waals surface area contributed by atoms with Gasteiger partial charge in [-0.05, 0) is 36.4 Å². The number of benzene rings is 2. The molecule has 0 unspecified atom stereocenters. The molecule has 3 rings (SSSR count). The van der Waals surface area contributed by atoms with Crippen molar-refractivity contribution >= 4 is 35.0 Å². The second kappa shape index (κ2) is 10.3. The average Bonchev–Trinajstić information content (AvgIpc) is 3.14. The molecule has 0 aliphatic rings. The Hall–Kier alpha value is -3.99. The van der Waals surface area contributed by atoms with Gasteiger partial charge < -0.3 is 19.9 Å². The molecule has 0 fully saturated rings. The van der Waals surface area contributed by atoms with Crippen LogP contribution in [-0.4, -0.2) is 49.5 Å². The number of fused-ring (bicyclic) bond motifs is 1. The fourth-order valence-corrected chi connectivity index (χ4v) is 3.12. The summed E-state index contributed by atoms with van der Waals surface area (Å²) in [5, 5.41) is 0.590. The lowest BCUT2D eigenvalue weighted by Gasteiger charge is -2.13. The van der Waals surface area contributed by atoms with Crippen LogP contribution in [0, 0.1) is 0 Å². The van der Waals surface area contributed by atoms with E-state index in [0.717, 1.165) is 12.1 Å². The van der Waals surface area contributed by atoms with Gasteiger partial charge in [0.05, 0.1) is 41.5 Å². The maximum absolute atomic E-state index is 13.0. The molecule has 3 N–H and O–H groups in total. The van der Waals surface area contributed by atoms with Crippen LogP contribution in [-0.2, 0) is 11.0 Å². The third kappa shape index (κ3) is 6.07. The maximum Gasteiger partial charge on any atom is 0.416 e. The lowest BCUT2D eigenvalue weighted by molar-refractivity contribution is -0.137. The van der Waals surface area contributed by atoms with Crippen molar-refractivity contribution in [1.29, 1.82) is 0 Å². The number of hydrogen-bond donors (Lipinski definition) is 2. The third-order valence-electron chi connectivity index (χ3n) is 4.60. The van der Waals surface area contributed by atoms with Crippen molar-refractivity contribution in [3.05, 3.63) is 65.5 Å². The number of halogens is 3. The molecule has 0 saturated heterocycles. The minimum absolute atomic E-state index is 0.0391. The highest BCUT2D eigenvalue weighted by Crippen LogP contribution is 2.31. The molecule has 1 heterocycles. The molecule has 0 saturated carbocycles. The number of nitrogens with one attached hydrogen (secondary N) is 1. The number of alkyl halides is 3.